The van der Waals surface area contributed by atoms with Crippen LogP contribution in [0, 0.1) is 39.9 Å². The second-order valence-corrected chi connectivity index (χ2v) is 12.6. The Bertz CT molecular complexity index is 863. The Labute approximate surface area is 208 Å². The molecule has 3 rings (SSSR count). The Kier molecular flexibility index (Phi) is 8.60. The van der Waals surface area contributed by atoms with Gasteiger partial charge in [-0.1, -0.05) is 56.9 Å². The molecule has 0 aromatic rings. The molecular weight excluding hydrogens is 420 g/mol. The Morgan fingerprint density at radius 1 is 1.21 bits per heavy atom. The Morgan fingerprint density at radius 2 is 1.94 bits per heavy atom. The minimum Gasteiger partial charge on any atom is -0.393 e. The third kappa shape index (κ3) is 5.89. The fraction of sp³-hybridized carbons (Fsp3) is 0.742. The Morgan fingerprint density at radius 3 is 2.65 bits per heavy atom. The lowest BCUT2D eigenvalue weighted by atomic mass is 9.53. The summed E-state index contributed by atoms with van der Waals surface area (Å²) in [5.74, 6) is 7.61. The molecular formula is C31H48O3. The predicted octanol–water partition coefficient (Wildman–Crippen LogP) is 6.61. The van der Waals surface area contributed by atoms with Gasteiger partial charge in [-0.2, -0.15) is 0 Å². The van der Waals surface area contributed by atoms with Crippen molar-refractivity contribution in [3.8, 4) is 11.8 Å². The zero-order valence-corrected chi connectivity index (χ0v) is 22.5. The van der Waals surface area contributed by atoms with Crippen molar-refractivity contribution >= 4 is 0 Å². The molecule has 0 radical (unpaired) electrons. The number of hydrogen-bond acceptors (Lipinski definition) is 3. The van der Waals surface area contributed by atoms with Gasteiger partial charge in [-0.3, -0.25) is 0 Å². The summed E-state index contributed by atoms with van der Waals surface area (Å²) in [6.07, 6.45) is 11.6. The first kappa shape index (κ1) is 27.3. The third-order valence-corrected chi connectivity index (χ3v) is 9.32. The molecule has 3 heteroatoms. The van der Waals surface area contributed by atoms with Gasteiger partial charge in [0.2, 0.25) is 0 Å². The maximum Gasteiger partial charge on any atom is 0.107 e. The Balaban J connectivity index is 1.66. The third-order valence-electron chi connectivity index (χ3n) is 9.32. The molecule has 2 N–H and O–H groups in total. The lowest BCUT2D eigenvalue weighted by Gasteiger charge is -2.51. The SMILES string of the molecule is C=C1/C(=C\C=C2/CCC[C@@]3(C)[C@H]2CCC3(C)[C@H](C)CCOCC#CC(C)(C)C)C[C@@H](O)C[C@@H]1O. The lowest BCUT2D eigenvalue weighted by Crippen LogP contribution is -2.44. The molecule has 0 saturated heterocycles. The number of ether oxygens (including phenoxy) is 1. The van der Waals surface area contributed by atoms with E-state index < -0.39 is 12.2 Å². The molecule has 0 aromatic heterocycles. The largest absolute Gasteiger partial charge is 0.393 e. The average Bonchev–Trinajstić information content (AvgIpc) is 3.03. The minimum atomic E-state index is -0.623. The molecule has 0 spiro atoms. The monoisotopic (exact) mass is 468 g/mol. The topological polar surface area (TPSA) is 49.7 Å². The number of fused-ring (bicyclic) bond motifs is 1. The minimum absolute atomic E-state index is 0.0313. The van der Waals surface area contributed by atoms with Gasteiger partial charge in [0.25, 0.3) is 0 Å². The van der Waals surface area contributed by atoms with Crippen LogP contribution < -0.4 is 0 Å². The van der Waals surface area contributed by atoms with Crippen molar-refractivity contribution in [3.05, 3.63) is 35.5 Å². The molecule has 3 nitrogen and oxygen atoms in total. The quantitative estimate of drug-likeness (QED) is 0.341. The van der Waals surface area contributed by atoms with Crippen molar-refractivity contribution in [2.45, 2.75) is 105 Å². The zero-order chi connectivity index (χ0) is 25.1. The highest BCUT2D eigenvalue weighted by molar-refractivity contribution is 5.39. The molecule has 34 heavy (non-hydrogen) atoms. The molecule has 6 atom stereocenters. The van der Waals surface area contributed by atoms with E-state index in [0.29, 0.717) is 42.1 Å². The maximum absolute atomic E-state index is 10.2. The van der Waals surface area contributed by atoms with Gasteiger partial charge in [-0.05, 0) is 99.5 Å². The van der Waals surface area contributed by atoms with E-state index in [1.54, 1.807) is 5.57 Å². The molecule has 3 saturated carbocycles. The summed E-state index contributed by atoms with van der Waals surface area (Å²) in [5, 5.41) is 20.3. The normalized spacial score (nSPS) is 37.4. The van der Waals surface area contributed by atoms with Crippen molar-refractivity contribution in [1.82, 2.24) is 0 Å². The van der Waals surface area contributed by atoms with Gasteiger partial charge in [0.05, 0.1) is 12.2 Å². The van der Waals surface area contributed by atoms with Crippen LogP contribution >= 0.6 is 0 Å². The van der Waals surface area contributed by atoms with Crippen molar-refractivity contribution in [2.24, 2.45) is 28.1 Å². The molecule has 190 valence electrons. The fourth-order valence-corrected chi connectivity index (χ4v) is 6.81. The van der Waals surface area contributed by atoms with Crippen molar-refractivity contribution in [1.29, 1.82) is 0 Å². The molecule has 3 aliphatic carbocycles. The molecule has 3 aliphatic rings. The summed E-state index contributed by atoms with van der Waals surface area (Å²) in [6.45, 7) is 19.2. The average molecular weight is 469 g/mol. The van der Waals surface area contributed by atoms with Crippen molar-refractivity contribution in [3.63, 3.8) is 0 Å². The van der Waals surface area contributed by atoms with E-state index in [-0.39, 0.29) is 5.41 Å². The van der Waals surface area contributed by atoms with Crippen LogP contribution in [-0.4, -0.2) is 35.6 Å². The first-order valence-corrected chi connectivity index (χ1v) is 13.4. The molecule has 0 amide bonds. The molecule has 0 bridgehead atoms. The molecule has 3 fully saturated rings. The van der Waals surface area contributed by atoms with Crippen molar-refractivity contribution in [2.75, 3.05) is 13.2 Å². The van der Waals surface area contributed by atoms with Gasteiger partial charge >= 0.3 is 0 Å². The van der Waals surface area contributed by atoms with E-state index in [1.807, 2.05) is 0 Å². The lowest BCUT2D eigenvalue weighted by molar-refractivity contribution is -0.00668. The highest BCUT2D eigenvalue weighted by Gasteiger charge is 2.57. The van der Waals surface area contributed by atoms with E-state index in [4.69, 9.17) is 4.74 Å². The van der Waals surface area contributed by atoms with Crippen LogP contribution in [0.3, 0.4) is 0 Å². The van der Waals surface area contributed by atoms with Crippen LogP contribution in [-0.2, 0) is 4.74 Å². The maximum atomic E-state index is 10.2. The number of rotatable bonds is 6. The van der Waals surface area contributed by atoms with Gasteiger partial charge < -0.3 is 14.9 Å². The Hall–Kier alpha value is -1.34. The van der Waals surface area contributed by atoms with E-state index in [1.165, 1.54) is 25.7 Å². The molecule has 1 unspecified atom stereocenters. The van der Waals surface area contributed by atoms with Gasteiger partial charge in [-0.15, -0.1) is 0 Å². The standard InChI is InChI=1S/C31H48O3/c1-22(14-19-34-18-9-15-29(3,4)5)30(6)17-13-27-24(10-8-16-31(27,30)7)11-12-25-20-26(32)21-28(33)23(25)2/h11-12,22,26-28,32-33H,2,8,10,13-14,16-21H2,1,3-7H3/b24-11+,25-12-/t22-,26-,27+,28+,30?,31+/m1/s1. The number of allylic oxidation sites excluding steroid dienone is 3. The number of hydrogen-bond donors (Lipinski definition) is 2. The predicted molar refractivity (Wildman–Crippen MR) is 141 cm³/mol. The van der Waals surface area contributed by atoms with Crippen LogP contribution in [0.1, 0.15) is 92.9 Å². The van der Waals surface area contributed by atoms with Crippen LogP contribution in [0.4, 0.5) is 0 Å². The highest BCUT2D eigenvalue weighted by atomic mass is 16.5. The molecule has 0 aliphatic heterocycles. The van der Waals surface area contributed by atoms with Gasteiger partial charge in [0, 0.05) is 18.4 Å². The van der Waals surface area contributed by atoms with Crippen LogP contribution in [0.25, 0.3) is 0 Å². The van der Waals surface area contributed by atoms with Gasteiger partial charge in [-0.25, -0.2) is 0 Å². The zero-order valence-electron chi connectivity index (χ0n) is 22.5. The van der Waals surface area contributed by atoms with Crippen LogP contribution in [0.5, 0.6) is 0 Å². The highest BCUT2D eigenvalue weighted by Crippen LogP contribution is 2.66. The van der Waals surface area contributed by atoms with Crippen molar-refractivity contribution < 1.29 is 14.9 Å². The fourth-order valence-electron chi connectivity index (χ4n) is 6.81. The van der Waals surface area contributed by atoms with E-state index >= 15 is 0 Å². The first-order valence-electron chi connectivity index (χ1n) is 13.4. The van der Waals surface area contributed by atoms with Gasteiger partial charge in [0.15, 0.2) is 0 Å². The second-order valence-electron chi connectivity index (χ2n) is 12.6. The summed E-state index contributed by atoms with van der Waals surface area (Å²) in [6, 6.07) is 0. The van der Waals surface area contributed by atoms with Gasteiger partial charge in [0.1, 0.15) is 6.61 Å². The number of aliphatic hydroxyl groups excluding tert-OH is 2. The number of aliphatic hydroxyl groups is 2. The summed E-state index contributed by atoms with van der Waals surface area (Å²) in [5.41, 5.74) is 3.96. The van der Waals surface area contributed by atoms with E-state index in [9.17, 15) is 10.2 Å². The summed E-state index contributed by atoms with van der Waals surface area (Å²) < 4.78 is 5.89. The van der Waals surface area contributed by atoms with Crippen LogP contribution in [0.15, 0.2) is 35.5 Å². The first-order chi connectivity index (χ1) is 15.9. The van der Waals surface area contributed by atoms with E-state index in [2.05, 4.69) is 72.1 Å². The second kappa shape index (κ2) is 10.7. The molecule has 0 heterocycles. The van der Waals surface area contributed by atoms with E-state index in [0.717, 1.165) is 30.6 Å². The summed E-state index contributed by atoms with van der Waals surface area (Å²) >= 11 is 0. The summed E-state index contributed by atoms with van der Waals surface area (Å²) in [4.78, 5) is 0. The van der Waals surface area contributed by atoms with Crippen LogP contribution in [0.2, 0.25) is 0 Å². The summed E-state index contributed by atoms with van der Waals surface area (Å²) in [7, 11) is 0. The smallest absolute Gasteiger partial charge is 0.107 e. The molecule has 0 aromatic carbocycles.